The predicted molar refractivity (Wildman–Crippen MR) is 67.0 cm³/mol. The van der Waals surface area contributed by atoms with E-state index in [4.69, 9.17) is 0 Å². The quantitative estimate of drug-likeness (QED) is 0.654. The average Bonchev–Trinajstić information content (AvgIpc) is 2.61. The average molecular weight is 245 g/mol. The van der Waals surface area contributed by atoms with E-state index < -0.39 is 17.5 Å². The summed E-state index contributed by atoms with van der Waals surface area (Å²) in [6.07, 6.45) is 3.91. The Morgan fingerprint density at radius 1 is 1.22 bits per heavy atom. The molecule has 0 saturated heterocycles. The highest BCUT2D eigenvalue weighted by Crippen LogP contribution is 2.28. The lowest BCUT2D eigenvalue weighted by Crippen LogP contribution is -2.48. The molecule has 4 heteroatoms. The van der Waals surface area contributed by atoms with Gasteiger partial charge < -0.3 is 5.11 Å². The first kappa shape index (κ1) is 12.5. The molecule has 0 spiro atoms. The molecule has 0 radical (unpaired) electrons. The van der Waals surface area contributed by atoms with Crippen LogP contribution in [0.4, 0.5) is 0 Å². The van der Waals surface area contributed by atoms with Gasteiger partial charge in [-0.15, -0.1) is 0 Å². The van der Waals surface area contributed by atoms with Crippen LogP contribution >= 0.6 is 0 Å². The Bertz CT molecular complexity index is 497. The molecule has 1 atom stereocenters. The maximum absolute atomic E-state index is 12.1. The van der Waals surface area contributed by atoms with Crippen molar-refractivity contribution < 1.29 is 14.7 Å². The fourth-order valence-corrected chi connectivity index (χ4v) is 2.02. The molecular weight excluding hydrogens is 230 g/mol. The van der Waals surface area contributed by atoms with Gasteiger partial charge >= 0.3 is 0 Å². The van der Waals surface area contributed by atoms with Gasteiger partial charge in [-0.3, -0.25) is 9.59 Å². The molecule has 0 aliphatic carbocycles. The van der Waals surface area contributed by atoms with Gasteiger partial charge in [0.05, 0.1) is 11.1 Å². The van der Waals surface area contributed by atoms with Gasteiger partial charge in [-0.1, -0.05) is 25.1 Å². The minimum absolute atomic E-state index is 0.340. The fraction of sp³-hybridized carbons (Fsp3) is 0.286. The number of carbonyl (C=O) groups excluding carboxylic acids is 2. The number of imide groups is 1. The monoisotopic (exact) mass is 245 g/mol. The normalized spacial score (nSPS) is 18.3. The van der Waals surface area contributed by atoms with Crippen molar-refractivity contribution in [1.82, 2.24) is 4.90 Å². The van der Waals surface area contributed by atoms with Crippen LogP contribution in [0.5, 0.6) is 0 Å². The molecule has 4 nitrogen and oxygen atoms in total. The molecule has 1 unspecified atom stereocenters. The Morgan fingerprint density at radius 3 is 2.17 bits per heavy atom. The minimum Gasteiger partial charge on any atom is -0.367 e. The second kappa shape index (κ2) is 4.38. The Kier molecular flexibility index (Phi) is 3.05. The molecule has 1 aliphatic rings. The van der Waals surface area contributed by atoms with Gasteiger partial charge in [-0.25, -0.2) is 4.90 Å². The smallest absolute Gasteiger partial charge is 0.264 e. The highest BCUT2D eigenvalue weighted by molar-refractivity contribution is 6.21. The zero-order valence-electron chi connectivity index (χ0n) is 10.4. The number of nitrogens with zero attached hydrogens (tertiary/aromatic N) is 1. The van der Waals surface area contributed by atoms with Crippen molar-refractivity contribution in [3.63, 3.8) is 0 Å². The highest BCUT2D eigenvalue weighted by atomic mass is 16.3. The van der Waals surface area contributed by atoms with Crippen LogP contribution < -0.4 is 0 Å². The highest BCUT2D eigenvalue weighted by Gasteiger charge is 2.44. The number of benzene rings is 1. The maximum atomic E-state index is 12.1. The summed E-state index contributed by atoms with van der Waals surface area (Å²) >= 11 is 0. The largest absolute Gasteiger partial charge is 0.367 e. The van der Waals surface area contributed by atoms with Crippen LogP contribution in [0.2, 0.25) is 0 Å². The summed E-state index contributed by atoms with van der Waals surface area (Å²) in [5.74, 6) is -0.914. The number of allylic oxidation sites excluding steroid dienone is 1. The standard InChI is InChI=1S/C14H15NO3/c1-3-4-9-14(2,18)15-12(16)10-7-5-6-8-11(10)13(15)17/h4-9,18H,3H2,1-2H3/b9-4-. The van der Waals surface area contributed by atoms with E-state index in [1.54, 1.807) is 30.3 Å². The number of hydrogen-bond donors (Lipinski definition) is 1. The van der Waals surface area contributed by atoms with Crippen LogP contribution in [0.3, 0.4) is 0 Å². The lowest BCUT2D eigenvalue weighted by Gasteiger charge is -2.29. The second-order valence-corrected chi connectivity index (χ2v) is 4.40. The molecule has 1 aromatic rings. The molecule has 1 heterocycles. The van der Waals surface area contributed by atoms with Crippen LogP contribution in [0.25, 0.3) is 0 Å². The molecule has 1 aromatic carbocycles. The molecule has 1 N–H and O–H groups in total. The van der Waals surface area contributed by atoms with Crippen molar-refractivity contribution in [2.45, 2.75) is 26.0 Å². The van der Waals surface area contributed by atoms with Crippen molar-refractivity contribution in [2.75, 3.05) is 0 Å². The molecule has 0 fully saturated rings. The number of fused-ring (bicyclic) bond motifs is 1. The zero-order valence-corrected chi connectivity index (χ0v) is 10.4. The predicted octanol–water partition coefficient (Wildman–Crippen LogP) is 1.96. The molecule has 0 bridgehead atoms. The van der Waals surface area contributed by atoms with E-state index in [1.165, 1.54) is 13.0 Å². The number of amides is 2. The van der Waals surface area contributed by atoms with Crippen LogP contribution in [-0.4, -0.2) is 27.5 Å². The van der Waals surface area contributed by atoms with Crippen LogP contribution in [0.1, 0.15) is 41.0 Å². The molecule has 94 valence electrons. The van der Waals surface area contributed by atoms with E-state index in [0.717, 1.165) is 11.3 Å². The molecule has 0 aromatic heterocycles. The molecule has 0 saturated carbocycles. The van der Waals surface area contributed by atoms with Crippen molar-refractivity contribution in [2.24, 2.45) is 0 Å². The van der Waals surface area contributed by atoms with Crippen LogP contribution in [0, 0.1) is 0 Å². The Hall–Kier alpha value is -1.94. The molecule has 2 amide bonds. The van der Waals surface area contributed by atoms with Gasteiger partial charge in [0.25, 0.3) is 11.8 Å². The summed E-state index contributed by atoms with van der Waals surface area (Å²) in [5, 5.41) is 10.3. The molecule has 1 aliphatic heterocycles. The van der Waals surface area contributed by atoms with Gasteiger partial charge in [0, 0.05) is 0 Å². The zero-order chi connectivity index (χ0) is 13.3. The van der Waals surface area contributed by atoms with Crippen molar-refractivity contribution in [3.8, 4) is 0 Å². The lowest BCUT2D eigenvalue weighted by atomic mass is 10.1. The third-order valence-corrected chi connectivity index (χ3v) is 2.92. The van der Waals surface area contributed by atoms with Gasteiger partial charge in [0.15, 0.2) is 5.72 Å². The third kappa shape index (κ3) is 1.84. The van der Waals surface area contributed by atoms with E-state index in [-0.39, 0.29) is 0 Å². The van der Waals surface area contributed by atoms with Crippen molar-refractivity contribution in [3.05, 3.63) is 47.5 Å². The minimum atomic E-state index is -1.59. The van der Waals surface area contributed by atoms with E-state index >= 15 is 0 Å². The molecule has 18 heavy (non-hydrogen) atoms. The summed E-state index contributed by atoms with van der Waals surface area (Å²) in [5.41, 5.74) is -0.913. The van der Waals surface area contributed by atoms with Crippen molar-refractivity contribution in [1.29, 1.82) is 0 Å². The van der Waals surface area contributed by atoms with E-state index in [9.17, 15) is 14.7 Å². The van der Waals surface area contributed by atoms with Gasteiger partial charge in [0.2, 0.25) is 0 Å². The number of aliphatic hydroxyl groups is 1. The topological polar surface area (TPSA) is 57.6 Å². The summed E-state index contributed by atoms with van der Waals surface area (Å²) < 4.78 is 0. The van der Waals surface area contributed by atoms with E-state index in [1.807, 2.05) is 6.92 Å². The Morgan fingerprint density at radius 2 is 1.72 bits per heavy atom. The van der Waals surface area contributed by atoms with Crippen molar-refractivity contribution >= 4 is 11.8 Å². The summed E-state index contributed by atoms with van der Waals surface area (Å²) in [6, 6.07) is 6.58. The second-order valence-electron chi connectivity index (χ2n) is 4.40. The van der Waals surface area contributed by atoms with E-state index in [2.05, 4.69) is 0 Å². The number of hydrogen-bond acceptors (Lipinski definition) is 3. The SMILES string of the molecule is CC/C=C\C(C)(O)N1C(=O)c2ccccc2C1=O. The summed E-state index contributed by atoms with van der Waals surface area (Å²) in [6.45, 7) is 3.34. The first-order chi connectivity index (χ1) is 8.49. The fourth-order valence-electron chi connectivity index (χ4n) is 2.02. The molecular formula is C14H15NO3. The summed E-state index contributed by atoms with van der Waals surface area (Å²) in [7, 11) is 0. The van der Waals surface area contributed by atoms with Gasteiger partial charge in [-0.2, -0.15) is 0 Å². The molecule has 2 rings (SSSR count). The summed E-state index contributed by atoms with van der Waals surface area (Å²) in [4.78, 5) is 25.1. The Balaban J connectivity index is 2.42. The first-order valence-corrected chi connectivity index (χ1v) is 5.87. The lowest BCUT2D eigenvalue weighted by molar-refractivity contribution is -0.0211. The van der Waals surface area contributed by atoms with E-state index in [0.29, 0.717) is 11.1 Å². The first-order valence-electron chi connectivity index (χ1n) is 5.87. The maximum Gasteiger partial charge on any atom is 0.264 e. The number of carbonyl (C=O) groups is 2. The van der Waals surface area contributed by atoms with Gasteiger partial charge in [-0.05, 0) is 31.6 Å². The third-order valence-electron chi connectivity index (χ3n) is 2.92. The Labute approximate surface area is 106 Å². The van der Waals surface area contributed by atoms with Crippen LogP contribution in [-0.2, 0) is 0 Å². The van der Waals surface area contributed by atoms with Crippen LogP contribution in [0.15, 0.2) is 36.4 Å². The number of rotatable bonds is 3. The van der Waals surface area contributed by atoms with Gasteiger partial charge in [0.1, 0.15) is 0 Å².